The summed E-state index contributed by atoms with van der Waals surface area (Å²) in [6.07, 6.45) is 4.56. The number of ether oxygens (including phenoxy) is 1. The first kappa shape index (κ1) is 27.2. The number of carbonyl (C=O) groups excluding carboxylic acids is 4. The van der Waals surface area contributed by atoms with Crippen molar-refractivity contribution in [2.24, 2.45) is 0 Å². The number of aromatic nitrogens is 1. The van der Waals surface area contributed by atoms with Gasteiger partial charge in [-0.2, -0.15) is 11.8 Å². The topological polar surface area (TPSA) is 129 Å². The van der Waals surface area contributed by atoms with Crippen molar-refractivity contribution in [1.29, 1.82) is 0 Å². The van der Waals surface area contributed by atoms with Crippen molar-refractivity contribution in [2.75, 3.05) is 18.6 Å². The molecule has 2 rings (SSSR count). The molecule has 0 fully saturated rings. The molecule has 34 heavy (non-hydrogen) atoms. The van der Waals surface area contributed by atoms with Crippen LogP contribution in [-0.4, -0.2) is 65.4 Å². The molecule has 0 radical (unpaired) electrons. The van der Waals surface area contributed by atoms with E-state index in [9.17, 15) is 19.2 Å². The van der Waals surface area contributed by atoms with E-state index in [1.807, 2.05) is 36.7 Å². The standard InChI is InChI=1S/C24H34N4O5S/c1-24(2,3)33-23(32)25-11-9-21(30)28-20(22(31)27-17(15-29)10-12-34-4)13-16-14-26-19-8-6-5-7-18(16)19/h5-8,14-15,17,20,26H,9-13H2,1-4H3,(H,25,32)(H,27,31)(H,28,30)/t17-,20-/m0/s1. The molecule has 0 saturated carbocycles. The van der Waals surface area contributed by atoms with Gasteiger partial charge in [0.2, 0.25) is 11.8 Å². The zero-order valence-electron chi connectivity index (χ0n) is 20.1. The van der Waals surface area contributed by atoms with Crippen LogP contribution in [0.1, 0.15) is 39.2 Å². The summed E-state index contributed by atoms with van der Waals surface area (Å²) in [6.45, 7) is 5.31. The number of amides is 3. The third-order valence-electron chi connectivity index (χ3n) is 4.90. The van der Waals surface area contributed by atoms with Crippen molar-refractivity contribution in [1.82, 2.24) is 20.9 Å². The third kappa shape index (κ3) is 9.09. The maximum atomic E-state index is 13.0. The first-order chi connectivity index (χ1) is 16.1. The summed E-state index contributed by atoms with van der Waals surface area (Å²) in [4.78, 5) is 52.0. The lowest BCUT2D eigenvalue weighted by molar-refractivity contribution is -0.130. The molecule has 0 aliphatic rings. The van der Waals surface area contributed by atoms with Gasteiger partial charge in [-0.25, -0.2) is 4.79 Å². The molecule has 2 atom stereocenters. The Labute approximate surface area is 204 Å². The fraction of sp³-hybridized carbons (Fsp3) is 0.500. The van der Waals surface area contributed by atoms with E-state index in [1.165, 1.54) is 0 Å². The number of aromatic amines is 1. The largest absolute Gasteiger partial charge is 0.444 e. The second-order valence-electron chi connectivity index (χ2n) is 8.90. The van der Waals surface area contributed by atoms with Gasteiger partial charge in [-0.05, 0) is 50.8 Å². The number of thioether (sulfide) groups is 1. The first-order valence-electron chi connectivity index (χ1n) is 11.2. The Morgan fingerprint density at radius 3 is 2.59 bits per heavy atom. The highest BCUT2D eigenvalue weighted by atomic mass is 32.2. The van der Waals surface area contributed by atoms with Gasteiger partial charge in [0.15, 0.2) is 0 Å². The summed E-state index contributed by atoms with van der Waals surface area (Å²) >= 11 is 1.58. The van der Waals surface area contributed by atoms with Crippen LogP contribution in [0.25, 0.3) is 10.9 Å². The molecule has 2 aromatic rings. The van der Waals surface area contributed by atoms with Crippen LogP contribution in [-0.2, 0) is 25.5 Å². The van der Waals surface area contributed by atoms with Crippen LogP contribution in [0.3, 0.4) is 0 Å². The minimum atomic E-state index is -0.884. The lowest BCUT2D eigenvalue weighted by atomic mass is 10.0. The quantitative estimate of drug-likeness (QED) is 0.339. The average molecular weight is 491 g/mol. The van der Waals surface area contributed by atoms with Crippen LogP contribution in [0.4, 0.5) is 4.79 Å². The molecular weight excluding hydrogens is 456 g/mol. The number of alkyl carbamates (subject to hydrolysis) is 1. The Morgan fingerprint density at radius 1 is 1.18 bits per heavy atom. The van der Waals surface area contributed by atoms with Crippen molar-refractivity contribution >= 4 is 46.9 Å². The van der Waals surface area contributed by atoms with Gasteiger partial charge in [-0.1, -0.05) is 18.2 Å². The molecule has 1 aromatic carbocycles. The smallest absolute Gasteiger partial charge is 0.407 e. The van der Waals surface area contributed by atoms with E-state index in [2.05, 4.69) is 20.9 Å². The van der Waals surface area contributed by atoms with Crippen LogP contribution in [0.2, 0.25) is 0 Å². The summed E-state index contributed by atoms with van der Waals surface area (Å²) in [5, 5.41) is 8.97. The maximum Gasteiger partial charge on any atom is 0.407 e. The summed E-state index contributed by atoms with van der Waals surface area (Å²) in [7, 11) is 0. The summed E-state index contributed by atoms with van der Waals surface area (Å²) in [6, 6.07) is 6.17. The van der Waals surface area contributed by atoms with Gasteiger partial charge in [0.25, 0.3) is 0 Å². The number of fused-ring (bicyclic) bond motifs is 1. The highest BCUT2D eigenvalue weighted by Gasteiger charge is 2.25. The molecule has 186 valence electrons. The van der Waals surface area contributed by atoms with E-state index in [0.29, 0.717) is 12.7 Å². The fourth-order valence-corrected chi connectivity index (χ4v) is 3.78. The van der Waals surface area contributed by atoms with Gasteiger partial charge in [0.05, 0.1) is 6.04 Å². The fourth-order valence-electron chi connectivity index (χ4n) is 3.29. The van der Waals surface area contributed by atoms with E-state index in [0.717, 1.165) is 22.2 Å². The van der Waals surface area contributed by atoms with Crippen molar-refractivity contribution in [2.45, 2.75) is 57.7 Å². The minimum Gasteiger partial charge on any atom is -0.444 e. The molecule has 0 saturated heterocycles. The van der Waals surface area contributed by atoms with Gasteiger partial charge in [-0.3, -0.25) is 9.59 Å². The number of para-hydroxylation sites is 1. The number of nitrogens with one attached hydrogen (secondary N) is 4. The normalized spacial score (nSPS) is 13.1. The average Bonchev–Trinajstić information content (AvgIpc) is 3.17. The second kappa shape index (κ2) is 13.0. The number of H-pyrrole nitrogens is 1. The van der Waals surface area contributed by atoms with Crippen LogP contribution in [0.15, 0.2) is 30.5 Å². The summed E-state index contributed by atoms with van der Waals surface area (Å²) in [5.74, 6) is -0.112. The first-order valence-corrected chi connectivity index (χ1v) is 12.6. The monoisotopic (exact) mass is 490 g/mol. The molecule has 9 nitrogen and oxygen atoms in total. The van der Waals surface area contributed by atoms with Crippen molar-refractivity contribution in [3.05, 3.63) is 36.0 Å². The Balaban J connectivity index is 2.05. The molecule has 0 aliphatic carbocycles. The molecule has 0 bridgehead atoms. The van der Waals surface area contributed by atoms with E-state index >= 15 is 0 Å². The Morgan fingerprint density at radius 2 is 1.91 bits per heavy atom. The Bertz CT molecular complexity index is 985. The van der Waals surface area contributed by atoms with Gasteiger partial charge >= 0.3 is 6.09 Å². The number of hydrogen-bond acceptors (Lipinski definition) is 6. The van der Waals surface area contributed by atoms with E-state index in [4.69, 9.17) is 4.74 Å². The van der Waals surface area contributed by atoms with Gasteiger partial charge in [0, 0.05) is 36.5 Å². The van der Waals surface area contributed by atoms with E-state index < -0.39 is 35.6 Å². The van der Waals surface area contributed by atoms with Crippen molar-refractivity contribution < 1.29 is 23.9 Å². The molecule has 0 spiro atoms. The zero-order chi connectivity index (χ0) is 25.1. The maximum absolute atomic E-state index is 13.0. The van der Waals surface area contributed by atoms with E-state index in [-0.39, 0.29) is 19.4 Å². The third-order valence-corrected chi connectivity index (χ3v) is 5.54. The van der Waals surface area contributed by atoms with Crippen LogP contribution in [0.5, 0.6) is 0 Å². The Kier molecular flexibility index (Phi) is 10.4. The van der Waals surface area contributed by atoms with E-state index in [1.54, 1.807) is 32.5 Å². The highest BCUT2D eigenvalue weighted by molar-refractivity contribution is 7.98. The second-order valence-corrected chi connectivity index (χ2v) is 9.88. The molecule has 3 amide bonds. The number of aldehydes is 1. The highest BCUT2D eigenvalue weighted by Crippen LogP contribution is 2.19. The SMILES string of the molecule is CSCC[C@@H](C=O)NC(=O)[C@H](Cc1c[nH]c2ccccc12)NC(=O)CCNC(=O)OC(C)(C)C. The van der Waals surface area contributed by atoms with Crippen LogP contribution in [0, 0.1) is 0 Å². The summed E-state index contributed by atoms with van der Waals surface area (Å²) < 4.78 is 5.15. The lowest BCUT2D eigenvalue weighted by Gasteiger charge is -2.21. The Hall–Kier alpha value is -3.01. The predicted molar refractivity (Wildman–Crippen MR) is 134 cm³/mol. The zero-order valence-corrected chi connectivity index (χ0v) is 20.9. The number of benzene rings is 1. The molecule has 0 unspecified atom stereocenters. The summed E-state index contributed by atoms with van der Waals surface area (Å²) in [5.41, 5.74) is 1.16. The number of hydrogen-bond donors (Lipinski definition) is 4. The minimum absolute atomic E-state index is 0.0273. The van der Waals surface area contributed by atoms with Gasteiger partial charge < -0.3 is 30.5 Å². The predicted octanol–water partition coefficient (Wildman–Crippen LogP) is 2.55. The molecule has 4 N–H and O–H groups in total. The van der Waals surface area contributed by atoms with Crippen molar-refractivity contribution in [3.63, 3.8) is 0 Å². The number of carbonyl (C=O) groups is 4. The van der Waals surface area contributed by atoms with Crippen LogP contribution < -0.4 is 16.0 Å². The molecular formula is C24H34N4O5S. The molecule has 0 aliphatic heterocycles. The van der Waals surface area contributed by atoms with Gasteiger partial charge in [-0.15, -0.1) is 0 Å². The van der Waals surface area contributed by atoms with Crippen molar-refractivity contribution in [3.8, 4) is 0 Å². The molecule has 10 heteroatoms. The molecule has 1 heterocycles. The van der Waals surface area contributed by atoms with Gasteiger partial charge in [0.1, 0.15) is 17.9 Å². The number of rotatable bonds is 12. The lowest BCUT2D eigenvalue weighted by Crippen LogP contribution is -2.51. The molecule has 1 aromatic heterocycles. The van der Waals surface area contributed by atoms with Crippen LogP contribution >= 0.6 is 11.8 Å².